The minimum Gasteiger partial charge on any atom is -0.467 e. The van der Waals surface area contributed by atoms with Crippen LogP contribution < -0.4 is 5.32 Å². The van der Waals surface area contributed by atoms with Crippen molar-refractivity contribution in [3.63, 3.8) is 0 Å². The molecule has 4 heterocycles. The van der Waals surface area contributed by atoms with Gasteiger partial charge in [-0.15, -0.1) is 11.3 Å². The number of nitrogens with one attached hydrogen (secondary N) is 1. The first-order chi connectivity index (χ1) is 13.3. The number of nitrogens with zero attached hydrogens (tertiary/aromatic N) is 4. The summed E-state index contributed by atoms with van der Waals surface area (Å²) in [7, 11) is 0. The van der Waals surface area contributed by atoms with E-state index in [2.05, 4.69) is 15.4 Å². The molecule has 0 saturated carbocycles. The summed E-state index contributed by atoms with van der Waals surface area (Å²) in [6.45, 7) is 0.857. The molecule has 0 bridgehead atoms. The number of carbonyl (C=O) groups excluding carboxylic acids is 1. The summed E-state index contributed by atoms with van der Waals surface area (Å²) in [4.78, 5) is 20.1. The van der Waals surface area contributed by atoms with Crippen LogP contribution in [0.5, 0.6) is 0 Å². The van der Waals surface area contributed by atoms with Gasteiger partial charge in [-0.3, -0.25) is 0 Å². The molecule has 4 aromatic heterocycles. The van der Waals surface area contributed by atoms with Gasteiger partial charge < -0.3 is 14.6 Å². The zero-order valence-corrected chi connectivity index (χ0v) is 15.2. The third-order valence-corrected chi connectivity index (χ3v) is 4.75. The van der Waals surface area contributed by atoms with Gasteiger partial charge >= 0.3 is 6.03 Å². The maximum absolute atomic E-state index is 13.0. The molecular formula is C19H17N5O2S. The monoisotopic (exact) mass is 379 g/mol. The normalized spacial score (nSPS) is 10.7. The van der Waals surface area contributed by atoms with E-state index in [4.69, 9.17) is 4.42 Å². The van der Waals surface area contributed by atoms with E-state index in [9.17, 15) is 4.79 Å². The zero-order chi connectivity index (χ0) is 18.5. The largest absolute Gasteiger partial charge is 0.467 e. The number of aromatic nitrogens is 3. The molecular weight excluding hydrogens is 362 g/mol. The highest BCUT2D eigenvalue weighted by atomic mass is 32.1. The van der Waals surface area contributed by atoms with Gasteiger partial charge in [0.25, 0.3) is 0 Å². The average Bonchev–Trinajstić information content (AvgIpc) is 3.45. The molecule has 0 spiro atoms. The van der Waals surface area contributed by atoms with Gasteiger partial charge in [0.2, 0.25) is 0 Å². The Bertz CT molecular complexity index is 945. The van der Waals surface area contributed by atoms with Gasteiger partial charge in [-0.05, 0) is 41.8 Å². The van der Waals surface area contributed by atoms with Crippen LogP contribution in [0.25, 0.3) is 5.82 Å². The summed E-state index contributed by atoms with van der Waals surface area (Å²) < 4.78 is 7.04. The molecule has 0 fully saturated rings. The molecule has 8 heteroatoms. The molecule has 27 heavy (non-hydrogen) atoms. The Morgan fingerprint density at radius 2 is 2.11 bits per heavy atom. The number of thiophene rings is 1. The zero-order valence-electron chi connectivity index (χ0n) is 14.4. The third-order valence-electron chi connectivity index (χ3n) is 3.89. The number of carbonyl (C=O) groups is 1. The Labute approximate surface area is 159 Å². The van der Waals surface area contributed by atoms with Crippen LogP contribution in [0.1, 0.15) is 10.6 Å². The van der Waals surface area contributed by atoms with Crippen molar-refractivity contribution in [3.05, 3.63) is 83.3 Å². The minimum absolute atomic E-state index is 0.235. The van der Waals surface area contributed by atoms with Crippen molar-refractivity contribution in [1.29, 1.82) is 0 Å². The molecule has 0 radical (unpaired) electrons. The summed E-state index contributed by atoms with van der Waals surface area (Å²) in [5, 5.41) is 9.14. The highest BCUT2D eigenvalue weighted by Gasteiger charge is 2.18. The van der Waals surface area contributed by atoms with Gasteiger partial charge in [-0.1, -0.05) is 6.07 Å². The predicted octanol–water partition coefficient (Wildman–Crippen LogP) is 4.16. The van der Waals surface area contributed by atoms with Crippen molar-refractivity contribution in [3.8, 4) is 5.82 Å². The quantitative estimate of drug-likeness (QED) is 0.546. The highest BCUT2D eigenvalue weighted by Crippen LogP contribution is 2.19. The predicted molar refractivity (Wildman–Crippen MR) is 103 cm³/mol. The second-order valence-electron chi connectivity index (χ2n) is 5.77. The number of hydrogen-bond donors (Lipinski definition) is 1. The second-order valence-corrected chi connectivity index (χ2v) is 6.80. The first-order valence-corrected chi connectivity index (χ1v) is 9.23. The fourth-order valence-electron chi connectivity index (χ4n) is 2.65. The van der Waals surface area contributed by atoms with Crippen LogP contribution in [0.2, 0.25) is 0 Å². The lowest BCUT2D eigenvalue weighted by molar-refractivity contribution is 0.202. The lowest BCUT2D eigenvalue weighted by Crippen LogP contribution is -2.34. The van der Waals surface area contributed by atoms with E-state index in [1.54, 1.807) is 64.0 Å². The smallest absolute Gasteiger partial charge is 0.322 e. The molecule has 7 nitrogen and oxygen atoms in total. The Hall–Kier alpha value is -3.39. The van der Waals surface area contributed by atoms with Crippen LogP contribution in [0.4, 0.5) is 10.5 Å². The topological polar surface area (TPSA) is 76.2 Å². The van der Waals surface area contributed by atoms with Gasteiger partial charge in [-0.25, -0.2) is 14.5 Å². The van der Waals surface area contributed by atoms with E-state index in [1.807, 2.05) is 29.6 Å². The molecule has 0 aliphatic carbocycles. The molecule has 0 aromatic carbocycles. The third kappa shape index (κ3) is 4.06. The molecule has 136 valence electrons. The van der Waals surface area contributed by atoms with E-state index in [0.29, 0.717) is 24.6 Å². The van der Waals surface area contributed by atoms with Crippen molar-refractivity contribution in [1.82, 2.24) is 19.7 Å². The molecule has 0 unspecified atom stereocenters. The van der Waals surface area contributed by atoms with E-state index in [1.165, 1.54) is 0 Å². The molecule has 4 rings (SSSR count). The number of hydrogen-bond acceptors (Lipinski definition) is 5. The molecule has 1 N–H and O–H groups in total. The molecule has 0 aliphatic heterocycles. The number of urea groups is 1. The Morgan fingerprint density at radius 1 is 1.15 bits per heavy atom. The van der Waals surface area contributed by atoms with E-state index >= 15 is 0 Å². The van der Waals surface area contributed by atoms with Crippen LogP contribution in [0.15, 0.2) is 77.1 Å². The Balaban J connectivity index is 1.57. The van der Waals surface area contributed by atoms with E-state index in [0.717, 1.165) is 10.6 Å². The van der Waals surface area contributed by atoms with Gasteiger partial charge in [0.05, 0.1) is 25.0 Å². The number of furan rings is 1. The van der Waals surface area contributed by atoms with Crippen LogP contribution in [0, 0.1) is 0 Å². The number of rotatable bonds is 6. The highest BCUT2D eigenvalue weighted by molar-refractivity contribution is 7.09. The fraction of sp³-hybridized carbons (Fsp3) is 0.105. The van der Waals surface area contributed by atoms with E-state index in [-0.39, 0.29) is 6.03 Å². The summed E-state index contributed by atoms with van der Waals surface area (Å²) in [5.74, 6) is 1.28. The van der Waals surface area contributed by atoms with Crippen LogP contribution in [-0.2, 0) is 13.1 Å². The molecule has 0 aliphatic rings. The Morgan fingerprint density at radius 3 is 2.85 bits per heavy atom. The fourth-order valence-corrected chi connectivity index (χ4v) is 3.37. The van der Waals surface area contributed by atoms with Gasteiger partial charge in [0, 0.05) is 23.5 Å². The maximum Gasteiger partial charge on any atom is 0.322 e. The number of pyridine rings is 1. The number of anilines is 1. The SMILES string of the molecule is O=C(Nc1cccnc1-n1cccn1)N(Cc1ccco1)Cc1cccs1. The summed E-state index contributed by atoms with van der Waals surface area (Å²) in [5.41, 5.74) is 0.585. The standard InChI is InChI=1S/C19H17N5O2S/c25-19(22-17-7-1-8-20-18(17)24-10-4-9-21-24)23(13-15-5-2-11-26-15)14-16-6-3-12-27-16/h1-12H,13-14H2,(H,22,25). The van der Waals surface area contributed by atoms with Crippen LogP contribution in [-0.4, -0.2) is 25.7 Å². The minimum atomic E-state index is -0.235. The molecule has 0 saturated heterocycles. The van der Waals surface area contributed by atoms with E-state index < -0.39 is 0 Å². The van der Waals surface area contributed by atoms with Gasteiger partial charge in [-0.2, -0.15) is 5.10 Å². The number of amides is 2. The molecule has 4 aromatic rings. The van der Waals surface area contributed by atoms with Crippen molar-refractivity contribution < 1.29 is 9.21 Å². The molecule has 0 atom stereocenters. The van der Waals surface area contributed by atoms with Gasteiger partial charge in [0.1, 0.15) is 5.76 Å². The van der Waals surface area contributed by atoms with Crippen molar-refractivity contribution in [2.24, 2.45) is 0 Å². The first kappa shape index (κ1) is 17.0. The summed E-state index contributed by atoms with van der Waals surface area (Å²) in [6, 6.07) is 12.8. The lowest BCUT2D eigenvalue weighted by atomic mass is 10.3. The second kappa shape index (κ2) is 7.88. The average molecular weight is 379 g/mol. The van der Waals surface area contributed by atoms with Crippen LogP contribution in [0.3, 0.4) is 0 Å². The van der Waals surface area contributed by atoms with Crippen molar-refractivity contribution in [2.75, 3.05) is 5.32 Å². The summed E-state index contributed by atoms with van der Waals surface area (Å²) in [6.07, 6.45) is 6.72. The first-order valence-electron chi connectivity index (χ1n) is 8.35. The van der Waals surface area contributed by atoms with Crippen molar-refractivity contribution >= 4 is 23.1 Å². The maximum atomic E-state index is 13.0. The lowest BCUT2D eigenvalue weighted by Gasteiger charge is -2.22. The van der Waals surface area contributed by atoms with Crippen LogP contribution >= 0.6 is 11.3 Å². The van der Waals surface area contributed by atoms with Crippen molar-refractivity contribution in [2.45, 2.75) is 13.1 Å². The summed E-state index contributed by atoms with van der Waals surface area (Å²) >= 11 is 1.61. The van der Waals surface area contributed by atoms with Gasteiger partial charge in [0.15, 0.2) is 5.82 Å². The Kier molecular flexibility index (Phi) is 4.97. The molecule has 2 amide bonds.